The highest BCUT2D eigenvalue weighted by Gasteiger charge is 2.20. The largest absolute Gasteiger partial charge is 0.348 e. The number of nitrogens with zero attached hydrogens (tertiary/aromatic N) is 1. The number of anilines is 1. The summed E-state index contributed by atoms with van der Waals surface area (Å²) in [5.74, 6) is -1.58. The van der Waals surface area contributed by atoms with Gasteiger partial charge in [0.2, 0.25) is 0 Å². The summed E-state index contributed by atoms with van der Waals surface area (Å²) in [7, 11) is -4.00. The second-order valence-electron chi connectivity index (χ2n) is 7.19. The standard InChI is InChI=1S/C20H21FN4O3S2/c1-20(2,22)14-5-3-13(4-6-14)12-24-18(26)16-8-7-15(11-17(16)21)30(27,28)25-19-23-9-10-29-19/h3-11H,12,22H2,1-2H3,(H,23,25)(H,24,26). The van der Waals surface area contributed by atoms with Crippen LogP contribution in [0.2, 0.25) is 0 Å². The van der Waals surface area contributed by atoms with Crippen molar-refractivity contribution in [1.29, 1.82) is 0 Å². The molecule has 4 N–H and O–H groups in total. The molecule has 0 atom stereocenters. The average Bonchev–Trinajstić information content (AvgIpc) is 3.18. The molecule has 3 rings (SSSR count). The van der Waals surface area contributed by atoms with Crippen LogP contribution in [-0.2, 0) is 22.1 Å². The molecule has 0 bridgehead atoms. The quantitative estimate of drug-likeness (QED) is 0.514. The number of halogens is 1. The molecule has 158 valence electrons. The zero-order chi connectivity index (χ0) is 21.9. The molecule has 0 aliphatic heterocycles. The first-order valence-corrected chi connectivity index (χ1v) is 11.3. The van der Waals surface area contributed by atoms with Crippen molar-refractivity contribution in [2.24, 2.45) is 5.73 Å². The lowest BCUT2D eigenvalue weighted by Crippen LogP contribution is -2.28. The third-order valence-corrected chi connectivity index (χ3v) is 6.45. The normalized spacial score (nSPS) is 11.9. The molecule has 0 fully saturated rings. The van der Waals surface area contributed by atoms with Gasteiger partial charge in [0.05, 0.1) is 10.5 Å². The Kier molecular flexibility index (Phi) is 6.20. The first-order valence-electron chi connectivity index (χ1n) is 8.94. The number of rotatable bonds is 7. The van der Waals surface area contributed by atoms with Gasteiger partial charge in [0, 0.05) is 23.7 Å². The van der Waals surface area contributed by atoms with E-state index in [1.165, 1.54) is 12.3 Å². The van der Waals surface area contributed by atoms with Crippen molar-refractivity contribution in [2.45, 2.75) is 30.8 Å². The zero-order valence-corrected chi connectivity index (χ0v) is 18.0. The van der Waals surface area contributed by atoms with Crippen LogP contribution in [0.1, 0.15) is 35.3 Å². The van der Waals surface area contributed by atoms with E-state index in [1.807, 2.05) is 38.1 Å². The molecule has 0 radical (unpaired) electrons. The molecular formula is C20H21FN4O3S2. The minimum Gasteiger partial charge on any atom is -0.348 e. The molecule has 3 aromatic rings. The van der Waals surface area contributed by atoms with Crippen molar-refractivity contribution in [2.75, 3.05) is 4.72 Å². The molecule has 1 heterocycles. The number of benzene rings is 2. The van der Waals surface area contributed by atoms with Crippen molar-refractivity contribution < 1.29 is 17.6 Å². The maximum Gasteiger partial charge on any atom is 0.263 e. The number of sulfonamides is 1. The molecule has 10 heteroatoms. The fourth-order valence-electron chi connectivity index (χ4n) is 2.62. The van der Waals surface area contributed by atoms with Gasteiger partial charge in [-0.15, -0.1) is 11.3 Å². The number of aromatic nitrogens is 1. The molecule has 0 unspecified atom stereocenters. The Balaban J connectivity index is 1.68. The number of carbonyl (C=O) groups excluding carboxylic acids is 1. The first-order chi connectivity index (χ1) is 14.1. The Morgan fingerprint density at radius 2 is 1.90 bits per heavy atom. The molecule has 0 saturated carbocycles. The van der Waals surface area contributed by atoms with Crippen LogP contribution in [0.4, 0.5) is 9.52 Å². The monoisotopic (exact) mass is 448 g/mol. The molecule has 0 spiro atoms. The van der Waals surface area contributed by atoms with E-state index in [-0.39, 0.29) is 22.1 Å². The van der Waals surface area contributed by atoms with Gasteiger partial charge < -0.3 is 11.1 Å². The fraction of sp³-hybridized carbons (Fsp3) is 0.200. The molecule has 7 nitrogen and oxygen atoms in total. The number of amides is 1. The van der Waals surface area contributed by atoms with E-state index >= 15 is 0 Å². The second-order valence-corrected chi connectivity index (χ2v) is 9.76. The summed E-state index contributed by atoms with van der Waals surface area (Å²) in [6.45, 7) is 3.97. The van der Waals surface area contributed by atoms with Crippen LogP contribution < -0.4 is 15.8 Å². The number of hydrogen-bond donors (Lipinski definition) is 3. The Bertz CT molecular complexity index is 1140. The minimum absolute atomic E-state index is 0.168. The lowest BCUT2D eigenvalue weighted by molar-refractivity contribution is 0.0946. The highest BCUT2D eigenvalue weighted by atomic mass is 32.2. The van der Waals surface area contributed by atoms with E-state index in [1.54, 1.807) is 5.38 Å². The van der Waals surface area contributed by atoms with Crippen molar-refractivity contribution in [3.05, 3.63) is 76.5 Å². The van der Waals surface area contributed by atoms with E-state index in [9.17, 15) is 17.6 Å². The van der Waals surface area contributed by atoms with Gasteiger partial charge in [0.1, 0.15) is 5.82 Å². The summed E-state index contributed by atoms with van der Waals surface area (Å²) in [4.78, 5) is 15.9. The maximum absolute atomic E-state index is 14.4. The van der Waals surface area contributed by atoms with Gasteiger partial charge in [-0.25, -0.2) is 17.8 Å². The van der Waals surface area contributed by atoms with Crippen LogP contribution >= 0.6 is 11.3 Å². The summed E-state index contributed by atoms with van der Waals surface area (Å²) < 4.78 is 41.3. The fourth-order valence-corrected chi connectivity index (χ4v) is 4.42. The van der Waals surface area contributed by atoms with Gasteiger partial charge in [-0.1, -0.05) is 24.3 Å². The molecule has 2 aromatic carbocycles. The molecule has 0 aliphatic carbocycles. The Hall–Kier alpha value is -2.82. The van der Waals surface area contributed by atoms with Crippen LogP contribution in [0.3, 0.4) is 0 Å². The predicted molar refractivity (Wildman–Crippen MR) is 114 cm³/mol. The Morgan fingerprint density at radius 3 is 2.47 bits per heavy atom. The first kappa shape index (κ1) is 21.9. The average molecular weight is 449 g/mol. The molecule has 0 saturated heterocycles. The molecular weight excluding hydrogens is 427 g/mol. The highest BCUT2D eigenvalue weighted by molar-refractivity contribution is 7.93. The Morgan fingerprint density at radius 1 is 1.20 bits per heavy atom. The van der Waals surface area contributed by atoms with Crippen LogP contribution in [-0.4, -0.2) is 19.3 Å². The summed E-state index contributed by atoms with van der Waals surface area (Å²) in [5.41, 5.74) is 7.10. The topological polar surface area (TPSA) is 114 Å². The number of thiazole rings is 1. The lowest BCUT2D eigenvalue weighted by Gasteiger charge is -2.19. The number of hydrogen-bond acceptors (Lipinski definition) is 6. The van der Waals surface area contributed by atoms with Crippen LogP contribution in [0.15, 0.2) is 58.9 Å². The van der Waals surface area contributed by atoms with Crippen molar-refractivity contribution in [3.8, 4) is 0 Å². The van der Waals surface area contributed by atoms with Gasteiger partial charge in [-0.05, 0) is 43.2 Å². The number of carbonyl (C=O) groups is 1. The van der Waals surface area contributed by atoms with Crippen molar-refractivity contribution >= 4 is 32.4 Å². The van der Waals surface area contributed by atoms with E-state index in [0.29, 0.717) is 0 Å². The van der Waals surface area contributed by atoms with Gasteiger partial charge in [0.15, 0.2) is 5.13 Å². The highest BCUT2D eigenvalue weighted by Crippen LogP contribution is 2.20. The summed E-state index contributed by atoms with van der Waals surface area (Å²) >= 11 is 1.10. The second kappa shape index (κ2) is 8.50. The maximum atomic E-state index is 14.4. The Labute approximate surface area is 178 Å². The van der Waals surface area contributed by atoms with Gasteiger partial charge in [0.25, 0.3) is 15.9 Å². The van der Waals surface area contributed by atoms with Crippen LogP contribution in [0.5, 0.6) is 0 Å². The van der Waals surface area contributed by atoms with Crippen molar-refractivity contribution in [1.82, 2.24) is 10.3 Å². The smallest absolute Gasteiger partial charge is 0.263 e. The molecule has 30 heavy (non-hydrogen) atoms. The zero-order valence-electron chi connectivity index (χ0n) is 16.3. The SMILES string of the molecule is CC(C)(N)c1ccc(CNC(=O)c2ccc(S(=O)(=O)Nc3nccs3)cc2F)cc1. The molecule has 1 aromatic heterocycles. The molecule has 1 amide bonds. The van der Waals surface area contributed by atoms with E-state index in [0.717, 1.165) is 34.6 Å². The van der Waals surface area contributed by atoms with E-state index in [4.69, 9.17) is 5.73 Å². The van der Waals surface area contributed by atoms with Crippen LogP contribution in [0, 0.1) is 5.82 Å². The molecule has 0 aliphatic rings. The van der Waals surface area contributed by atoms with E-state index < -0.39 is 27.3 Å². The third kappa shape index (κ3) is 5.21. The van der Waals surface area contributed by atoms with Gasteiger partial charge in [-0.3, -0.25) is 9.52 Å². The van der Waals surface area contributed by atoms with Gasteiger partial charge in [-0.2, -0.15) is 0 Å². The van der Waals surface area contributed by atoms with Crippen molar-refractivity contribution in [3.63, 3.8) is 0 Å². The number of nitrogens with two attached hydrogens (primary N) is 1. The van der Waals surface area contributed by atoms with E-state index in [2.05, 4.69) is 15.0 Å². The predicted octanol–water partition coefficient (Wildman–Crippen LogP) is 3.21. The number of nitrogens with one attached hydrogen (secondary N) is 2. The lowest BCUT2D eigenvalue weighted by atomic mass is 9.95. The third-order valence-electron chi connectivity index (χ3n) is 4.30. The minimum atomic E-state index is -4.00. The van der Waals surface area contributed by atoms with Gasteiger partial charge >= 0.3 is 0 Å². The summed E-state index contributed by atoms with van der Waals surface area (Å²) in [6.07, 6.45) is 1.45. The van der Waals surface area contributed by atoms with Crippen LogP contribution in [0.25, 0.3) is 0 Å². The summed E-state index contributed by atoms with van der Waals surface area (Å²) in [6, 6.07) is 10.5. The summed E-state index contributed by atoms with van der Waals surface area (Å²) in [5, 5.41) is 4.40.